The third-order valence-electron chi connectivity index (χ3n) is 6.33. The van der Waals surface area contributed by atoms with Crippen LogP contribution in [0.4, 0.5) is 0 Å². The molecule has 11 nitrogen and oxygen atoms in total. The van der Waals surface area contributed by atoms with Crippen LogP contribution in [0.1, 0.15) is 26.5 Å². The van der Waals surface area contributed by atoms with Gasteiger partial charge in [0, 0.05) is 37.9 Å². The molecule has 0 N–H and O–H groups in total. The van der Waals surface area contributed by atoms with Crippen LogP contribution < -0.4 is 4.74 Å². The molecule has 0 spiro atoms. The van der Waals surface area contributed by atoms with Crippen molar-refractivity contribution in [2.45, 2.75) is 12.9 Å². The molecule has 1 aliphatic heterocycles. The van der Waals surface area contributed by atoms with Crippen molar-refractivity contribution in [1.29, 1.82) is 0 Å². The number of nitrogens with zero attached hydrogens (tertiary/aromatic N) is 7. The lowest BCUT2D eigenvalue weighted by Crippen LogP contribution is -2.52. The summed E-state index contributed by atoms with van der Waals surface area (Å²) in [5.74, 6) is -0.173. The van der Waals surface area contributed by atoms with Crippen LogP contribution in [-0.4, -0.2) is 85.0 Å². The van der Waals surface area contributed by atoms with Gasteiger partial charge >= 0.3 is 0 Å². The summed E-state index contributed by atoms with van der Waals surface area (Å²) in [7, 11) is 1.47. The average Bonchev–Trinajstić information content (AvgIpc) is 3.56. The maximum Gasteiger partial charge on any atom is 0.295 e. The molecule has 12 heteroatoms. The van der Waals surface area contributed by atoms with Gasteiger partial charge in [0.1, 0.15) is 17.9 Å². The quantitative estimate of drug-likeness (QED) is 0.217. The first kappa shape index (κ1) is 24.4. The number of fused-ring (bicyclic) bond motifs is 1. The van der Waals surface area contributed by atoms with E-state index in [1.54, 1.807) is 28.5 Å². The van der Waals surface area contributed by atoms with E-state index in [0.29, 0.717) is 46.9 Å². The second-order valence-electron chi connectivity index (χ2n) is 8.52. The summed E-state index contributed by atoms with van der Waals surface area (Å²) in [6, 6.07) is 8.99. The zero-order valence-corrected chi connectivity index (χ0v) is 21.1. The van der Waals surface area contributed by atoms with Gasteiger partial charge < -0.3 is 19.1 Å². The molecule has 0 saturated carbocycles. The summed E-state index contributed by atoms with van der Waals surface area (Å²) >= 11 is 6.21. The Labute approximate surface area is 217 Å². The number of hydrogen-bond acceptors (Lipinski definition) is 7. The number of aromatic nitrogens is 5. The maximum atomic E-state index is 13.5. The van der Waals surface area contributed by atoms with Gasteiger partial charge in [-0.15, -0.1) is 11.6 Å². The summed E-state index contributed by atoms with van der Waals surface area (Å²) in [6.45, 7) is 2.91. The summed E-state index contributed by atoms with van der Waals surface area (Å²) in [5, 5.41) is 4.74. The van der Waals surface area contributed by atoms with E-state index in [4.69, 9.17) is 16.3 Å². The Morgan fingerprint density at radius 3 is 2.35 bits per heavy atom. The third kappa shape index (κ3) is 4.42. The van der Waals surface area contributed by atoms with Crippen molar-refractivity contribution in [3.05, 3.63) is 66.0 Å². The molecule has 4 heterocycles. The SMILES string of the molecule is COc1cnc(-n2cnc(C)n2)c2c1c(C(=O)C(=O)N1CCN(C(=O)c3ccccc3)CC1)cn2CCl. The average molecular weight is 522 g/mol. The maximum absolute atomic E-state index is 13.5. The fourth-order valence-electron chi connectivity index (χ4n) is 4.46. The first-order valence-electron chi connectivity index (χ1n) is 11.6. The lowest BCUT2D eigenvalue weighted by Gasteiger charge is -2.34. The number of amides is 2. The highest BCUT2D eigenvalue weighted by atomic mass is 35.5. The number of ketones is 1. The minimum Gasteiger partial charge on any atom is -0.494 e. The van der Waals surface area contributed by atoms with Gasteiger partial charge in [-0.3, -0.25) is 14.4 Å². The fourth-order valence-corrected chi connectivity index (χ4v) is 4.65. The number of aryl methyl sites for hydroxylation is 1. The number of carbonyl (C=O) groups excluding carboxylic acids is 3. The van der Waals surface area contributed by atoms with Crippen LogP contribution in [0.5, 0.6) is 5.75 Å². The first-order chi connectivity index (χ1) is 17.9. The monoisotopic (exact) mass is 521 g/mol. The van der Waals surface area contributed by atoms with E-state index in [1.165, 1.54) is 35.4 Å². The number of Topliss-reactive ketones (excluding diaryl/α,β-unsaturated/α-hetero) is 1. The normalized spacial score (nSPS) is 13.7. The lowest BCUT2D eigenvalue weighted by molar-refractivity contribution is -0.127. The Kier molecular flexibility index (Phi) is 6.62. The van der Waals surface area contributed by atoms with Crippen molar-refractivity contribution in [2.75, 3.05) is 33.3 Å². The van der Waals surface area contributed by atoms with Crippen molar-refractivity contribution in [3.63, 3.8) is 0 Å². The van der Waals surface area contributed by atoms with Gasteiger partial charge in [-0.25, -0.2) is 14.6 Å². The van der Waals surface area contributed by atoms with Gasteiger partial charge in [0.25, 0.3) is 17.6 Å². The molecule has 2 amide bonds. The number of halogens is 1. The zero-order valence-electron chi connectivity index (χ0n) is 20.3. The van der Waals surface area contributed by atoms with Gasteiger partial charge in [-0.1, -0.05) is 18.2 Å². The van der Waals surface area contributed by atoms with Gasteiger partial charge in [0.05, 0.1) is 35.8 Å². The molecule has 1 fully saturated rings. The molecule has 0 unspecified atom stereocenters. The number of methoxy groups -OCH3 is 1. The van der Waals surface area contributed by atoms with Gasteiger partial charge in [-0.05, 0) is 19.1 Å². The van der Waals surface area contributed by atoms with Crippen molar-refractivity contribution in [2.24, 2.45) is 0 Å². The first-order valence-corrected chi connectivity index (χ1v) is 12.1. The number of pyridine rings is 1. The third-order valence-corrected chi connectivity index (χ3v) is 6.58. The highest BCUT2D eigenvalue weighted by molar-refractivity contribution is 6.45. The Morgan fingerprint density at radius 1 is 1.03 bits per heavy atom. The predicted octanol–water partition coefficient (Wildman–Crippen LogP) is 2.30. The molecule has 190 valence electrons. The lowest BCUT2D eigenvalue weighted by atomic mass is 10.1. The van der Waals surface area contributed by atoms with E-state index in [1.807, 2.05) is 18.2 Å². The molecule has 3 aromatic heterocycles. The van der Waals surface area contributed by atoms with Crippen LogP contribution in [0.2, 0.25) is 0 Å². The smallest absolute Gasteiger partial charge is 0.295 e. The number of benzene rings is 1. The van der Waals surface area contributed by atoms with Crippen molar-refractivity contribution < 1.29 is 19.1 Å². The minimum absolute atomic E-state index is 0.00771. The molecule has 37 heavy (non-hydrogen) atoms. The molecular formula is C25H24ClN7O4. The number of piperazine rings is 1. The van der Waals surface area contributed by atoms with E-state index in [9.17, 15) is 14.4 Å². The summed E-state index contributed by atoms with van der Waals surface area (Å²) in [4.78, 5) is 51.3. The van der Waals surface area contributed by atoms with Crippen LogP contribution in [0.3, 0.4) is 0 Å². The van der Waals surface area contributed by atoms with E-state index in [0.717, 1.165) is 0 Å². The van der Waals surface area contributed by atoms with Crippen molar-refractivity contribution in [3.8, 4) is 11.6 Å². The molecule has 0 aliphatic carbocycles. The number of alkyl halides is 1. The number of carbonyl (C=O) groups is 3. The van der Waals surface area contributed by atoms with Crippen molar-refractivity contribution in [1.82, 2.24) is 34.1 Å². The van der Waals surface area contributed by atoms with Crippen LogP contribution >= 0.6 is 11.6 Å². The molecule has 0 bridgehead atoms. The van der Waals surface area contributed by atoms with Crippen LogP contribution in [0, 0.1) is 6.92 Å². The Hall–Kier alpha value is -4.25. The predicted molar refractivity (Wildman–Crippen MR) is 135 cm³/mol. The van der Waals surface area contributed by atoms with Gasteiger partial charge in [0.15, 0.2) is 5.82 Å². The van der Waals surface area contributed by atoms with Crippen LogP contribution in [-0.2, 0) is 10.8 Å². The van der Waals surface area contributed by atoms with E-state index in [-0.39, 0.29) is 30.6 Å². The topological polar surface area (TPSA) is 115 Å². The van der Waals surface area contributed by atoms with E-state index in [2.05, 4.69) is 15.1 Å². The summed E-state index contributed by atoms with van der Waals surface area (Å²) < 4.78 is 8.60. The molecule has 4 aromatic rings. The Morgan fingerprint density at radius 2 is 1.73 bits per heavy atom. The molecular weight excluding hydrogens is 498 g/mol. The van der Waals surface area contributed by atoms with Gasteiger partial charge in [-0.2, -0.15) is 5.10 Å². The van der Waals surface area contributed by atoms with Crippen LogP contribution in [0.15, 0.2) is 49.1 Å². The molecule has 1 saturated heterocycles. The van der Waals surface area contributed by atoms with Crippen LogP contribution in [0.25, 0.3) is 16.7 Å². The van der Waals surface area contributed by atoms with Gasteiger partial charge in [0.2, 0.25) is 0 Å². The molecule has 1 aliphatic rings. The highest BCUT2D eigenvalue weighted by Gasteiger charge is 2.32. The molecule has 0 atom stereocenters. The Balaban J connectivity index is 1.43. The van der Waals surface area contributed by atoms with E-state index >= 15 is 0 Å². The zero-order chi connectivity index (χ0) is 26.1. The number of hydrogen-bond donors (Lipinski definition) is 0. The second kappa shape index (κ2) is 10.0. The fraction of sp³-hybridized carbons (Fsp3) is 0.280. The number of rotatable bonds is 6. The molecule has 1 aromatic carbocycles. The molecule has 0 radical (unpaired) electrons. The number of ether oxygens (including phenoxy) is 1. The van der Waals surface area contributed by atoms with E-state index < -0.39 is 11.7 Å². The summed E-state index contributed by atoms with van der Waals surface area (Å²) in [5.41, 5.74) is 1.24. The standard InChI is InChI=1S/C25H24ClN7O4/c1-16-28-15-33(29-16)23-21-20(19(37-2)12-27-23)18(13-32(21)14-26)22(34)25(36)31-10-8-30(9-11-31)24(35)17-6-4-3-5-7-17/h3-7,12-13,15H,8-11,14H2,1-2H3. The summed E-state index contributed by atoms with van der Waals surface area (Å²) in [6.07, 6.45) is 4.52. The largest absolute Gasteiger partial charge is 0.494 e. The molecule has 5 rings (SSSR count). The second-order valence-corrected chi connectivity index (χ2v) is 8.76. The Bertz CT molecular complexity index is 1490. The minimum atomic E-state index is -0.693. The highest BCUT2D eigenvalue weighted by Crippen LogP contribution is 2.34. The van der Waals surface area contributed by atoms with Crippen molar-refractivity contribution >= 4 is 40.1 Å².